The normalized spacial score (nSPS) is 10.1. The maximum absolute atomic E-state index is 13.3. The van der Waals surface area contributed by atoms with E-state index in [1.165, 1.54) is 18.2 Å². The van der Waals surface area contributed by atoms with E-state index < -0.39 is 0 Å². The summed E-state index contributed by atoms with van der Waals surface area (Å²) in [7, 11) is 1.64. The number of hydrogen-bond acceptors (Lipinski definition) is 3. The van der Waals surface area contributed by atoms with Crippen molar-refractivity contribution < 1.29 is 9.13 Å². The van der Waals surface area contributed by atoms with Gasteiger partial charge in [0.25, 0.3) is 0 Å². The minimum Gasteiger partial charge on any atom is -0.381 e. The van der Waals surface area contributed by atoms with Gasteiger partial charge in [0, 0.05) is 24.9 Å². The van der Waals surface area contributed by atoms with Crippen molar-refractivity contribution in [2.45, 2.75) is 13.2 Å². The molecule has 102 valence electrons. The van der Waals surface area contributed by atoms with Crippen molar-refractivity contribution >= 4 is 5.69 Å². The summed E-state index contributed by atoms with van der Waals surface area (Å²) in [6, 6.07) is 14.0. The number of para-hydroxylation sites is 1. The monoisotopic (exact) mass is 270 g/mol. The number of nitrogens with zero attached hydrogens (tertiary/aromatic N) is 1. The molecule has 0 saturated carbocycles. The molecule has 0 aliphatic heterocycles. The van der Waals surface area contributed by atoms with Crippen LogP contribution in [0.15, 0.2) is 42.5 Å². The number of ether oxygens (including phenoxy) is 1. The molecular formula is C16H15FN2O. The molecule has 2 aromatic rings. The maximum atomic E-state index is 13.3. The molecule has 20 heavy (non-hydrogen) atoms. The first kappa shape index (κ1) is 14.0. The predicted octanol–water partition coefficient (Wildman–Crippen LogP) is 3.46. The molecule has 3 nitrogen and oxygen atoms in total. The Kier molecular flexibility index (Phi) is 4.70. The number of nitrogens with one attached hydrogen (secondary N) is 1. The van der Waals surface area contributed by atoms with Crippen molar-refractivity contribution in [3.63, 3.8) is 0 Å². The molecule has 0 aliphatic carbocycles. The quantitative estimate of drug-likeness (QED) is 0.905. The fourth-order valence-corrected chi connectivity index (χ4v) is 1.98. The molecule has 2 rings (SSSR count). The summed E-state index contributed by atoms with van der Waals surface area (Å²) in [6.45, 7) is 0.888. The third-order valence-electron chi connectivity index (χ3n) is 2.97. The lowest BCUT2D eigenvalue weighted by molar-refractivity contribution is 0.185. The van der Waals surface area contributed by atoms with Crippen molar-refractivity contribution in [3.8, 4) is 6.07 Å². The van der Waals surface area contributed by atoms with Crippen LogP contribution in [0.2, 0.25) is 0 Å². The van der Waals surface area contributed by atoms with Gasteiger partial charge in [-0.05, 0) is 29.8 Å². The molecule has 2 aromatic carbocycles. The van der Waals surface area contributed by atoms with Gasteiger partial charge in [-0.25, -0.2) is 4.39 Å². The Labute approximate surface area is 117 Å². The van der Waals surface area contributed by atoms with Gasteiger partial charge >= 0.3 is 0 Å². The van der Waals surface area contributed by atoms with E-state index in [1.807, 2.05) is 24.3 Å². The van der Waals surface area contributed by atoms with Gasteiger partial charge < -0.3 is 10.1 Å². The molecule has 0 aliphatic rings. The van der Waals surface area contributed by atoms with Gasteiger partial charge in [0.2, 0.25) is 0 Å². The standard InChI is InChI=1S/C16H15FN2O/c1-20-11-13-4-2-3-5-16(13)19-10-14-8-15(17)7-6-12(14)9-18/h2-8,19H,10-11H2,1H3. The molecule has 1 N–H and O–H groups in total. The molecule has 4 heteroatoms. The molecule has 0 fully saturated rings. The van der Waals surface area contributed by atoms with E-state index in [9.17, 15) is 4.39 Å². The number of rotatable bonds is 5. The predicted molar refractivity (Wildman–Crippen MR) is 75.6 cm³/mol. The van der Waals surface area contributed by atoms with Crippen molar-refractivity contribution in [1.29, 1.82) is 5.26 Å². The van der Waals surface area contributed by atoms with Gasteiger partial charge in [0.05, 0.1) is 18.2 Å². The van der Waals surface area contributed by atoms with Crippen molar-refractivity contribution in [1.82, 2.24) is 0 Å². The van der Waals surface area contributed by atoms with E-state index in [4.69, 9.17) is 10.00 Å². The topological polar surface area (TPSA) is 45.0 Å². The van der Waals surface area contributed by atoms with E-state index in [1.54, 1.807) is 7.11 Å². The van der Waals surface area contributed by atoms with Crippen LogP contribution in [0.1, 0.15) is 16.7 Å². The Morgan fingerprint density at radius 1 is 1.20 bits per heavy atom. The molecule has 0 spiro atoms. The molecule has 0 heterocycles. The summed E-state index contributed by atoms with van der Waals surface area (Å²) in [5.41, 5.74) is 3.05. The lowest BCUT2D eigenvalue weighted by atomic mass is 10.1. The second-order valence-corrected chi connectivity index (χ2v) is 4.36. The summed E-state index contributed by atoms with van der Waals surface area (Å²) < 4.78 is 18.4. The van der Waals surface area contributed by atoms with Gasteiger partial charge in [0.15, 0.2) is 0 Å². The molecule has 0 saturated heterocycles. The zero-order valence-corrected chi connectivity index (χ0v) is 11.2. The maximum Gasteiger partial charge on any atom is 0.123 e. The molecule has 0 amide bonds. The summed E-state index contributed by atoms with van der Waals surface area (Å²) in [6.07, 6.45) is 0. The summed E-state index contributed by atoms with van der Waals surface area (Å²) in [5.74, 6) is -0.342. The second-order valence-electron chi connectivity index (χ2n) is 4.36. The van der Waals surface area contributed by atoms with Crippen LogP contribution in [0.4, 0.5) is 10.1 Å². The third-order valence-corrected chi connectivity index (χ3v) is 2.97. The van der Waals surface area contributed by atoms with Crippen LogP contribution in [0, 0.1) is 17.1 Å². The Morgan fingerprint density at radius 3 is 2.75 bits per heavy atom. The SMILES string of the molecule is COCc1ccccc1NCc1cc(F)ccc1C#N. The van der Waals surface area contributed by atoms with Crippen LogP contribution >= 0.6 is 0 Å². The molecular weight excluding hydrogens is 255 g/mol. The number of nitriles is 1. The van der Waals surface area contributed by atoms with E-state index in [2.05, 4.69) is 11.4 Å². The molecule has 0 atom stereocenters. The molecule has 0 unspecified atom stereocenters. The van der Waals surface area contributed by atoms with Gasteiger partial charge in [-0.1, -0.05) is 18.2 Å². The molecule has 0 aromatic heterocycles. The number of anilines is 1. The minimum atomic E-state index is -0.342. The Hall–Kier alpha value is -2.38. The minimum absolute atomic E-state index is 0.342. The Morgan fingerprint density at radius 2 is 2.00 bits per heavy atom. The van der Waals surface area contributed by atoms with E-state index in [0.29, 0.717) is 24.3 Å². The fraction of sp³-hybridized carbons (Fsp3) is 0.188. The van der Waals surface area contributed by atoms with Crippen molar-refractivity contribution in [2.75, 3.05) is 12.4 Å². The summed E-state index contributed by atoms with van der Waals surface area (Å²) >= 11 is 0. The average Bonchev–Trinajstić information content (AvgIpc) is 2.47. The van der Waals surface area contributed by atoms with E-state index >= 15 is 0 Å². The molecule has 0 bridgehead atoms. The van der Waals surface area contributed by atoms with Crippen LogP contribution in [0.25, 0.3) is 0 Å². The molecule has 0 radical (unpaired) electrons. The van der Waals surface area contributed by atoms with Crippen LogP contribution in [-0.2, 0) is 17.9 Å². The van der Waals surface area contributed by atoms with E-state index in [-0.39, 0.29) is 5.82 Å². The lowest BCUT2D eigenvalue weighted by Crippen LogP contribution is -2.05. The van der Waals surface area contributed by atoms with Crippen LogP contribution in [-0.4, -0.2) is 7.11 Å². The number of hydrogen-bond donors (Lipinski definition) is 1. The largest absolute Gasteiger partial charge is 0.381 e. The zero-order chi connectivity index (χ0) is 14.4. The number of benzene rings is 2. The third kappa shape index (κ3) is 3.34. The first-order chi connectivity index (χ1) is 9.74. The van der Waals surface area contributed by atoms with Crippen LogP contribution in [0.5, 0.6) is 0 Å². The zero-order valence-electron chi connectivity index (χ0n) is 11.2. The van der Waals surface area contributed by atoms with Crippen molar-refractivity contribution in [2.24, 2.45) is 0 Å². The highest BCUT2D eigenvalue weighted by atomic mass is 19.1. The Bertz CT molecular complexity index is 635. The average molecular weight is 270 g/mol. The number of halogens is 1. The van der Waals surface area contributed by atoms with Gasteiger partial charge in [-0.15, -0.1) is 0 Å². The second kappa shape index (κ2) is 6.69. The highest BCUT2D eigenvalue weighted by molar-refractivity contribution is 5.52. The first-order valence-electron chi connectivity index (χ1n) is 6.24. The lowest BCUT2D eigenvalue weighted by Gasteiger charge is -2.12. The van der Waals surface area contributed by atoms with Gasteiger partial charge in [-0.2, -0.15) is 5.26 Å². The van der Waals surface area contributed by atoms with Crippen molar-refractivity contribution in [3.05, 3.63) is 65.0 Å². The summed E-state index contributed by atoms with van der Waals surface area (Å²) in [5, 5.41) is 12.2. The highest BCUT2D eigenvalue weighted by Crippen LogP contribution is 2.18. The smallest absolute Gasteiger partial charge is 0.123 e. The summed E-state index contributed by atoms with van der Waals surface area (Å²) in [4.78, 5) is 0. The first-order valence-corrected chi connectivity index (χ1v) is 6.24. The van der Waals surface area contributed by atoms with Crippen LogP contribution < -0.4 is 5.32 Å². The fourth-order valence-electron chi connectivity index (χ4n) is 1.98. The van der Waals surface area contributed by atoms with Gasteiger partial charge in [0.1, 0.15) is 5.82 Å². The number of methoxy groups -OCH3 is 1. The van der Waals surface area contributed by atoms with E-state index in [0.717, 1.165) is 11.3 Å². The Balaban J connectivity index is 2.17. The van der Waals surface area contributed by atoms with Gasteiger partial charge in [-0.3, -0.25) is 0 Å². The highest BCUT2D eigenvalue weighted by Gasteiger charge is 2.05. The van der Waals surface area contributed by atoms with Crippen LogP contribution in [0.3, 0.4) is 0 Å².